The van der Waals surface area contributed by atoms with Gasteiger partial charge in [0.1, 0.15) is 5.75 Å². The van der Waals surface area contributed by atoms with E-state index < -0.39 is 0 Å². The van der Waals surface area contributed by atoms with Gasteiger partial charge in [0.25, 0.3) is 5.91 Å². The largest absolute Gasteiger partial charge is 0.508 e. The van der Waals surface area contributed by atoms with Crippen LogP contribution in [-0.4, -0.2) is 49.8 Å². The van der Waals surface area contributed by atoms with Crippen molar-refractivity contribution in [1.82, 2.24) is 10.2 Å². The Hall–Kier alpha value is -2.44. The van der Waals surface area contributed by atoms with Crippen molar-refractivity contribution in [3.63, 3.8) is 0 Å². The Balaban J connectivity index is 1.58. The molecule has 1 heterocycles. The highest BCUT2D eigenvalue weighted by atomic mass is 35.5. The molecule has 1 aliphatic heterocycles. The lowest BCUT2D eigenvalue weighted by Crippen LogP contribution is -2.40. The second kappa shape index (κ2) is 9.85. The zero-order valence-electron chi connectivity index (χ0n) is 16.8. The molecule has 0 unspecified atom stereocenters. The minimum atomic E-state index is -0.176. The highest BCUT2D eigenvalue weighted by Gasteiger charge is 2.23. The molecule has 2 aromatic rings. The molecular formula is C22H27ClN2O4. The second-order valence-corrected chi connectivity index (χ2v) is 7.70. The van der Waals surface area contributed by atoms with E-state index in [4.69, 9.17) is 21.1 Å². The third kappa shape index (κ3) is 5.34. The number of carbonyl (C=O) groups is 1. The molecule has 2 aromatic carbocycles. The molecule has 0 radical (unpaired) electrons. The van der Waals surface area contributed by atoms with Gasteiger partial charge < -0.3 is 19.9 Å². The lowest BCUT2D eigenvalue weighted by Gasteiger charge is -2.33. The van der Waals surface area contributed by atoms with Crippen LogP contribution < -0.4 is 14.8 Å². The molecular weight excluding hydrogens is 392 g/mol. The van der Waals surface area contributed by atoms with Crippen molar-refractivity contribution in [2.45, 2.75) is 19.4 Å². The van der Waals surface area contributed by atoms with Crippen molar-refractivity contribution in [2.24, 2.45) is 5.92 Å². The number of hydrogen-bond acceptors (Lipinski definition) is 5. The van der Waals surface area contributed by atoms with Gasteiger partial charge in [0.15, 0.2) is 11.5 Å². The standard InChI is InChI=1S/C22H27ClN2O4/c1-28-20-7-3-6-18(21(20)29-2)22(27)24-12-15-5-4-10-25(13-15)14-16-11-17(23)8-9-19(16)26/h3,6-9,11,15,26H,4-5,10,12-14H2,1-2H3,(H,24,27)/t15-/m1/s1. The molecule has 1 fully saturated rings. The molecule has 1 atom stereocenters. The number of halogens is 1. The van der Waals surface area contributed by atoms with Crippen LogP contribution >= 0.6 is 11.6 Å². The number of hydrogen-bond donors (Lipinski definition) is 2. The van der Waals surface area contributed by atoms with Crippen LogP contribution in [-0.2, 0) is 6.54 Å². The van der Waals surface area contributed by atoms with Crippen molar-refractivity contribution >= 4 is 17.5 Å². The predicted molar refractivity (Wildman–Crippen MR) is 113 cm³/mol. The van der Waals surface area contributed by atoms with E-state index in [9.17, 15) is 9.90 Å². The number of phenols is 1. The summed E-state index contributed by atoms with van der Waals surface area (Å²) in [6, 6.07) is 10.4. The number of rotatable bonds is 7. The Bertz CT molecular complexity index is 859. The minimum Gasteiger partial charge on any atom is -0.508 e. The lowest BCUT2D eigenvalue weighted by molar-refractivity contribution is 0.0927. The van der Waals surface area contributed by atoms with Crippen LogP contribution in [0.15, 0.2) is 36.4 Å². The first-order valence-corrected chi connectivity index (χ1v) is 10.1. The summed E-state index contributed by atoms with van der Waals surface area (Å²) in [4.78, 5) is 15.0. The van der Waals surface area contributed by atoms with Gasteiger partial charge in [-0.15, -0.1) is 0 Å². The molecule has 156 valence electrons. The number of nitrogens with zero attached hydrogens (tertiary/aromatic N) is 1. The summed E-state index contributed by atoms with van der Waals surface area (Å²) in [7, 11) is 3.08. The Morgan fingerprint density at radius 2 is 2.10 bits per heavy atom. The smallest absolute Gasteiger partial charge is 0.255 e. The van der Waals surface area contributed by atoms with Crippen molar-refractivity contribution in [3.05, 3.63) is 52.5 Å². The first kappa shape index (κ1) is 21.3. The summed E-state index contributed by atoms with van der Waals surface area (Å²) in [6.45, 7) is 3.03. The van der Waals surface area contributed by atoms with Gasteiger partial charge in [-0.1, -0.05) is 17.7 Å². The Kier molecular flexibility index (Phi) is 7.23. The summed E-state index contributed by atoms with van der Waals surface area (Å²) in [5, 5.41) is 13.7. The number of aromatic hydroxyl groups is 1. The average molecular weight is 419 g/mol. The van der Waals surface area contributed by atoms with Gasteiger partial charge in [0.2, 0.25) is 0 Å². The fourth-order valence-corrected chi connectivity index (χ4v) is 3.98. The van der Waals surface area contributed by atoms with Crippen molar-refractivity contribution in [1.29, 1.82) is 0 Å². The number of carbonyl (C=O) groups excluding carboxylic acids is 1. The van der Waals surface area contributed by atoms with Gasteiger partial charge in [-0.2, -0.15) is 0 Å². The Labute approximate surface area is 176 Å². The molecule has 0 saturated carbocycles. The van der Waals surface area contributed by atoms with E-state index >= 15 is 0 Å². The maximum atomic E-state index is 12.7. The number of methoxy groups -OCH3 is 2. The number of para-hydroxylation sites is 1. The number of piperidine rings is 1. The highest BCUT2D eigenvalue weighted by Crippen LogP contribution is 2.31. The van der Waals surface area contributed by atoms with Crippen LogP contribution in [0.25, 0.3) is 0 Å². The normalized spacial score (nSPS) is 17.0. The number of benzene rings is 2. The van der Waals surface area contributed by atoms with Crippen LogP contribution in [0, 0.1) is 5.92 Å². The molecule has 7 heteroatoms. The minimum absolute atomic E-state index is 0.176. The second-order valence-electron chi connectivity index (χ2n) is 7.27. The molecule has 0 aromatic heterocycles. The average Bonchev–Trinajstić information content (AvgIpc) is 2.74. The summed E-state index contributed by atoms with van der Waals surface area (Å²) in [6.07, 6.45) is 2.10. The molecule has 0 aliphatic carbocycles. The third-order valence-electron chi connectivity index (χ3n) is 5.24. The number of phenolic OH excluding ortho intramolecular Hbond substituents is 1. The van der Waals surface area contributed by atoms with Crippen LogP contribution in [0.4, 0.5) is 0 Å². The first-order chi connectivity index (χ1) is 14.0. The maximum Gasteiger partial charge on any atom is 0.255 e. The van der Waals surface area contributed by atoms with E-state index in [2.05, 4.69) is 10.2 Å². The Morgan fingerprint density at radius 1 is 1.28 bits per heavy atom. The fourth-order valence-electron chi connectivity index (χ4n) is 3.78. The molecule has 2 N–H and O–H groups in total. The first-order valence-electron chi connectivity index (χ1n) is 9.70. The zero-order valence-corrected chi connectivity index (χ0v) is 17.5. The molecule has 0 bridgehead atoms. The SMILES string of the molecule is COc1cccc(C(=O)NC[C@H]2CCCN(Cc3cc(Cl)ccc3O)C2)c1OC. The van der Waals surface area contributed by atoms with Crippen LogP contribution in [0.5, 0.6) is 17.2 Å². The van der Waals surface area contributed by atoms with E-state index in [1.165, 1.54) is 7.11 Å². The van der Waals surface area contributed by atoms with Crippen LogP contribution in [0.2, 0.25) is 5.02 Å². The van der Waals surface area contributed by atoms with Gasteiger partial charge >= 0.3 is 0 Å². The van der Waals surface area contributed by atoms with Gasteiger partial charge in [-0.3, -0.25) is 9.69 Å². The molecule has 1 aliphatic rings. The van der Waals surface area contributed by atoms with Gasteiger partial charge in [0.05, 0.1) is 19.8 Å². The summed E-state index contributed by atoms with van der Waals surface area (Å²) in [5.41, 5.74) is 1.28. The number of amides is 1. The lowest BCUT2D eigenvalue weighted by atomic mass is 9.97. The molecule has 6 nitrogen and oxygen atoms in total. The predicted octanol–water partition coefficient (Wildman–Crippen LogP) is 3.70. The monoisotopic (exact) mass is 418 g/mol. The van der Waals surface area contributed by atoms with E-state index in [0.29, 0.717) is 41.1 Å². The quantitative estimate of drug-likeness (QED) is 0.717. The van der Waals surface area contributed by atoms with E-state index in [0.717, 1.165) is 31.5 Å². The molecule has 1 amide bonds. The summed E-state index contributed by atoms with van der Waals surface area (Å²) in [5.74, 6) is 1.39. The fraction of sp³-hybridized carbons (Fsp3) is 0.409. The van der Waals surface area contributed by atoms with Crippen molar-refractivity contribution in [3.8, 4) is 17.2 Å². The molecule has 0 spiro atoms. The highest BCUT2D eigenvalue weighted by molar-refractivity contribution is 6.30. The van der Waals surface area contributed by atoms with E-state index in [1.54, 1.807) is 43.5 Å². The third-order valence-corrected chi connectivity index (χ3v) is 5.47. The van der Waals surface area contributed by atoms with Crippen LogP contribution in [0.1, 0.15) is 28.8 Å². The molecule has 3 rings (SSSR count). The number of likely N-dealkylation sites (tertiary alicyclic amines) is 1. The zero-order chi connectivity index (χ0) is 20.8. The topological polar surface area (TPSA) is 71.0 Å². The van der Waals surface area contributed by atoms with Gasteiger partial charge in [0, 0.05) is 30.2 Å². The van der Waals surface area contributed by atoms with Crippen molar-refractivity contribution < 1.29 is 19.4 Å². The molecule has 29 heavy (non-hydrogen) atoms. The Morgan fingerprint density at radius 3 is 2.86 bits per heavy atom. The van der Waals surface area contributed by atoms with Gasteiger partial charge in [-0.05, 0) is 55.6 Å². The molecule has 1 saturated heterocycles. The van der Waals surface area contributed by atoms with Crippen LogP contribution in [0.3, 0.4) is 0 Å². The number of nitrogens with one attached hydrogen (secondary N) is 1. The van der Waals surface area contributed by atoms with E-state index in [1.807, 2.05) is 0 Å². The van der Waals surface area contributed by atoms with Gasteiger partial charge in [-0.25, -0.2) is 0 Å². The number of ether oxygens (including phenoxy) is 2. The maximum absolute atomic E-state index is 12.7. The van der Waals surface area contributed by atoms with Crippen molar-refractivity contribution in [2.75, 3.05) is 33.9 Å². The summed E-state index contributed by atoms with van der Waals surface area (Å²) < 4.78 is 10.6. The summed E-state index contributed by atoms with van der Waals surface area (Å²) >= 11 is 6.06. The van der Waals surface area contributed by atoms with E-state index in [-0.39, 0.29) is 11.7 Å².